The van der Waals surface area contributed by atoms with Crippen LogP contribution in [0.4, 0.5) is 0 Å². The molecule has 0 aliphatic rings. The van der Waals surface area contributed by atoms with Crippen LogP contribution in [0.5, 0.6) is 0 Å². The van der Waals surface area contributed by atoms with Crippen molar-refractivity contribution >= 4 is 43.3 Å². The first-order valence-corrected chi connectivity index (χ1v) is 10.6. The quantitative estimate of drug-likeness (QED) is 0.263. The summed E-state index contributed by atoms with van der Waals surface area (Å²) in [6.07, 6.45) is 0. The maximum atomic E-state index is 4.63. The zero-order valence-electron chi connectivity index (χ0n) is 16.0. The van der Waals surface area contributed by atoms with Crippen molar-refractivity contribution < 1.29 is 0 Å². The fraction of sp³-hybridized carbons (Fsp3) is 0. The molecule has 2 heterocycles. The summed E-state index contributed by atoms with van der Waals surface area (Å²) in [5, 5.41) is 12.7. The zero-order chi connectivity index (χ0) is 20.1. The lowest BCUT2D eigenvalue weighted by atomic mass is 9.95. The Morgan fingerprint density at radius 3 is 2.13 bits per heavy atom. The van der Waals surface area contributed by atoms with Gasteiger partial charge in [0.15, 0.2) is 11.5 Å². The molecule has 6 aromatic rings. The number of fused-ring (bicyclic) bond motifs is 6. The predicted molar refractivity (Wildman–Crippen MR) is 127 cm³/mol. The van der Waals surface area contributed by atoms with E-state index in [0.717, 1.165) is 32.4 Å². The Hall–Kier alpha value is -3.50. The van der Waals surface area contributed by atoms with Crippen LogP contribution in [-0.2, 0) is 0 Å². The van der Waals surface area contributed by atoms with Gasteiger partial charge in [-0.05, 0) is 29.3 Å². The Balaban J connectivity index is 1.84. The highest BCUT2D eigenvalue weighted by Gasteiger charge is 2.18. The van der Waals surface area contributed by atoms with Gasteiger partial charge in [0.1, 0.15) is 0 Å². The molecular formula is C26H16BrN3. The molecule has 0 atom stereocenters. The lowest BCUT2D eigenvalue weighted by molar-refractivity contribution is 1.12. The Labute approximate surface area is 181 Å². The Morgan fingerprint density at radius 1 is 0.633 bits per heavy atom. The summed E-state index contributed by atoms with van der Waals surface area (Å²) in [4.78, 5) is 0. The van der Waals surface area contributed by atoms with Crippen LogP contribution < -0.4 is 0 Å². The van der Waals surface area contributed by atoms with Crippen molar-refractivity contribution in [2.75, 3.05) is 0 Å². The van der Waals surface area contributed by atoms with Gasteiger partial charge in [0.2, 0.25) is 0 Å². The third-order valence-electron chi connectivity index (χ3n) is 5.55. The molecular weight excluding hydrogens is 434 g/mol. The molecule has 30 heavy (non-hydrogen) atoms. The molecule has 0 aliphatic heterocycles. The van der Waals surface area contributed by atoms with Crippen LogP contribution in [0, 0.1) is 0 Å². The van der Waals surface area contributed by atoms with E-state index in [2.05, 4.69) is 103 Å². The fourth-order valence-electron chi connectivity index (χ4n) is 4.25. The predicted octanol–water partition coefficient (Wildman–Crippen LogP) is 7.13. The normalized spacial score (nSPS) is 11.5. The third kappa shape index (κ3) is 2.57. The SMILES string of the molecule is Brc1ccc2c(c1)c1c(-c3ccccc3)cccc1c1nnc(-c3ccccc3)n21. The molecule has 2 aromatic heterocycles. The number of aromatic nitrogens is 3. The second-order valence-corrected chi connectivity index (χ2v) is 8.22. The van der Waals surface area contributed by atoms with Crippen LogP contribution in [-0.4, -0.2) is 14.6 Å². The minimum atomic E-state index is 0.852. The van der Waals surface area contributed by atoms with Crippen LogP contribution in [0.25, 0.3) is 49.8 Å². The van der Waals surface area contributed by atoms with Crippen LogP contribution in [0.2, 0.25) is 0 Å². The number of benzene rings is 4. The number of halogens is 1. The van der Waals surface area contributed by atoms with Crippen LogP contribution in [0.15, 0.2) is 102 Å². The number of nitrogens with zero attached hydrogens (tertiary/aromatic N) is 3. The van der Waals surface area contributed by atoms with Crippen LogP contribution in [0.1, 0.15) is 0 Å². The fourth-order valence-corrected chi connectivity index (χ4v) is 4.61. The highest BCUT2D eigenvalue weighted by atomic mass is 79.9. The van der Waals surface area contributed by atoms with Gasteiger partial charge in [-0.3, -0.25) is 4.40 Å². The molecule has 142 valence electrons. The van der Waals surface area contributed by atoms with E-state index >= 15 is 0 Å². The summed E-state index contributed by atoms with van der Waals surface area (Å²) in [5.41, 5.74) is 5.40. The number of hydrogen-bond donors (Lipinski definition) is 0. The summed E-state index contributed by atoms with van der Waals surface area (Å²) in [6.45, 7) is 0. The average Bonchev–Trinajstić information content (AvgIpc) is 3.25. The van der Waals surface area contributed by atoms with Crippen LogP contribution in [0.3, 0.4) is 0 Å². The maximum absolute atomic E-state index is 4.63. The van der Waals surface area contributed by atoms with Crippen molar-refractivity contribution in [2.45, 2.75) is 0 Å². The summed E-state index contributed by atoms with van der Waals surface area (Å²) in [6, 6.07) is 33.6. The zero-order valence-corrected chi connectivity index (χ0v) is 17.5. The molecule has 0 radical (unpaired) electrons. The maximum Gasteiger partial charge on any atom is 0.169 e. The van der Waals surface area contributed by atoms with Gasteiger partial charge in [0, 0.05) is 26.2 Å². The molecule has 0 saturated heterocycles. The standard InChI is InChI=1S/C26H16BrN3/c27-19-14-15-23-22(16-19)24-20(17-8-3-1-4-9-17)12-7-13-21(24)26-29-28-25(30(23)26)18-10-5-2-6-11-18/h1-16H. The third-order valence-corrected chi connectivity index (χ3v) is 6.05. The Kier molecular flexibility index (Phi) is 3.93. The molecule has 0 saturated carbocycles. The van der Waals surface area contributed by atoms with Crippen molar-refractivity contribution in [1.82, 2.24) is 14.6 Å². The molecule has 0 amide bonds. The molecule has 6 rings (SSSR count). The lowest BCUT2D eigenvalue weighted by Crippen LogP contribution is -1.95. The summed E-state index contributed by atoms with van der Waals surface area (Å²) in [5.74, 6) is 0.852. The summed E-state index contributed by atoms with van der Waals surface area (Å²) < 4.78 is 3.22. The van der Waals surface area contributed by atoms with E-state index in [0.29, 0.717) is 0 Å². The number of pyridine rings is 1. The monoisotopic (exact) mass is 449 g/mol. The van der Waals surface area contributed by atoms with Gasteiger partial charge in [-0.25, -0.2) is 0 Å². The molecule has 0 unspecified atom stereocenters. The summed E-state index contributed by atoms with van der Waals surface area (Å²) in [7, 11) is 0. The molecule has 0 N–H and O–H groups in total. The van der Waals surface area contributed by atoms with E-state index in [1.165, 1.54) is 21.9 Å². The minimum absolute atomic E-state index is 0.852. The second-order valence-electron chi connectivity index (χ2n) is 7.30. The van der Waals surface area contributed by atoms with E-state index in [-0.39, 0.29) is 0 Å². The largest absolute Gasteiger partial charge is 0.274 e. The molecule has 4 aromatic carbocycles. The molecule has 4 heteroatoms. The number of rotatable bonds is 2. The van der Waals surface area contributed by atoms with E-state index in [9.17, 15) is 0 Å². The lowest BCUT2D eigenvalue weighted by Gasteiger charge is -2.14. The van der Waals surface area contributed by atoms with E-state index < -0.39 is 0 Å². The van der Waals surface area contributed by atoms with Gasteiger partial charge < -0.3 is 0 Å². The van der Waals surface area contributed by atoms with Gasteiger partial charge in [-0.15, -0.1) is 10.2 Å². The highest BCUT2D eigenvalue weighted by molar-refractivity contribution is 9.10. The van der Waals surface area contributed by atoms with Gasteiger partial charge >= 0.3 is 0 Å². The van der Waals surface area contributed by atoms with Crippen molar-refractivity contribution in [1.29, 1.82) is 0 Å². The Bertz CT molecular complexity index is 1540. The first-order chi connectivity index (χ1) is 14.8. The highest BCUT2D eigenvalue weighted by Crippen LogP contribution is 2.38. The van der Waals surface area contributed by atoms with Crippen molar-refractivity contribution in [2.24, 2.45) is 0 Å². The molecule has 0 bridgehead atoms. The van der Waals surface area contributed by atoms with Crippen molar-refractivity contribution in [3.63, 3.8) is 0 Å². The van der Waals surface area contributed by atoms with Gasteiger partial charge in [0.25, 0.3) is 0 Å². The first-order valence-electron chi connectivity index (χ1n) is 9.81. The van der Waals surface area contributed by atoms with Crippen molar-refractivity contribution in [3.05, 3.63) is 102 Å². The van der Waals surface area contributed by atoms with Gasteiger partial charge in [-0.2, -0.15) is 0 Å². The topological polar surface area (TPSA) is 30.2 Å². The molecule has 0 aliphatic carbocycles. The van der Waals surface area contributed by atoms with E-state index in [1.807, 2.05) is 24.3 Å². The molecule has 0 spiro atoms. The van der Waals surface area contributed by atoms with Crippen molar-refractivity contribution in [3.8, 4) is 22.5 Å². The minimum Gasteiger partial charge on any atom is -0.274 e. The molecule has 3 nitrogen and oxygen atoms in total. The molecule has 0 fully saturated rings. The first kappa shape index (κ1) is 17.4. The van der Waals surface area contributed by atoms with Gasteiger partial charge in [0.05, 0.1) is 5.52 Å². The smallest absolute Gasteiger partial charge is 0.169 e. The number of hydrogen-bond acceptors (Lipinski definition) is 2. The second kappa shape index (κ2) is 6.78. The Morgan fingerprint density at radius 2 is 1.37 bits per heavy atom. The average molecular weight is 450 g/mol. The summed E-state index contributed by atoms with van der Waals surface area (Å²) >= 11 is 3.68. The van der Waals surface area contributed by atoms with E-state index in [4.69, 9.17) is 0 Å². The van der Waals surface area contributed by atoms with Crippen LogP contribution >= 0.6 is 15.9 Å². The van der Waals surface area contributed by atoms with E-state index in [1.54, 1.807) is 0 Å². The van der Waals surface area contributed by atoms with Gasteiger partial charge in [-0.1, -0.05) is 94.8 Å².